The number of nitrogens with zero attached hydrogens (tertiary/aromatic N) is 1. The normalized spacial score (nSPS) is 14.8. The number of rotatable bonds is 15. The molecule has 42 heavy (non-hydrogen) atoms. The molecular weight excluding hydrogens is 514 g/mol. The first-order valence-electron chi connectivity index (χ1n) is 15.8. The van der Waals surface area contributed by atoms with Crippen LogP contribution in [0.3, 0.4) is 0 Å². The molecule has 0 saturated carbocycles. The predicted molar refractivity (Wildman–Crippen MR) is 177 cm³/mol. The molecule has 0 aliphatic carbocycles. The third-order valence-corrected chi connectivity index (χ3v) is 10.2. The average molecular weight is 570 g/mol. The van der Waals surface area contributed by atoms with E-state index in [2.05, 4.69) is 128 Å². The first-order valence-corrected chi connectivity index (χ1v) is 15.8. The molecule has 228 valence electrons. The third-order valence-electron chi connectivity index (χ3n) is 10.2. The van der Waals surface area contributed by atoms with Crippen molar-refractivity contribution in [3.05, 3.63) is 108 Å². The van der Waals surface area contributed by atoms with Gasteiger partial charge in [0.2, 0.25) is 0 Å². The largest absolute Gasteiger partial charge is 0.460 e. The standard InChI is InChI=1S/C39H55NO2/c1-10-31(2)28-39(33-22-16-12-17-23-33,34-24-18-13-19-25-34)37(5,6)30-38(7,36(3,4)26-27-40(8)9)35(41)42-29-32-20-14-11-15-21-32/h11-25,31H,10,26-30H2,1-9H3. The lowest BCUT2D eigenvalue weighted by Gasteiger charge is -2.55. The topological polar surface area (TPSA) is 29.5 Å². The average Bonchev–Trinajstić information content (AvgIpc) is 2.98. The molecule has 0 aromatic heterocycles. The van der Waals surface area contributed by atoms with Gasteiger partial charge < -0.3 is 9.64 Å². The van der Waals surface area contributed by atoms with Crippen molar-refractivity contribution in [2.45, 2.75) is 86.2 Å². The lowest BCUT2D eigenvalue weighted by atomic mass is 9.48. The highest BCUT2D eigenvalue weighted by atomic mass is 16.5. The number of esters is 1. The van der Waals surface area contributed by atoms with Crippen LogP contribution in [0.5, 0.6) is 0 Å². The molecule has 2 atom stereocenters. The Hall–Kier alpha value is -2.91. The Morgan fingerprint density at radius 2 is 1.24 bits per heavy atom. The second-order valence-corrected chi connectivity index (χ2v) is 14.2. The zero-order valence-corrected chi connectivity index (χ0v) is 27.7. The van der Waals surface area contributed by atoms with Crippen molar-refractivity contribution >= 4 is 5.97 Å². The molecule has 3 aromatic rings. The number of carbonyl (C=O) groups excluding carboxylic acids is 1. The SMILES string of the molecule is CCC(C)CC(c1ccccc1)(c1ccccc1)C(C)(C)CC(C)(C(=O)OCc1ccccc1)C(C)(C)CCN(C)C. The first kappa shape index (κ1) is 33.6. The molecule has 2 unspecified atom stereocenters. The Balaban J connectivity index is 2.19. The summed E-state index contributed by atoms with van der Waals surface area (Å²) < 4.78 is 6.21. The lowest BCUT2D eigenvalue weighted by molar-refractivity contribution is -0.169. The molecular formula is C39H55NO2. The lowest BCUT2D eigenvalue weighted by Crippen LogP contribution is -2.53. The van der Waals surface area contributed by atoms with Crippen LogP contribution in [0.4, 0.5) is 0 Å². The van der Waals surface area contributed by atoms with E-state index in [0.717, 1.165) is 31.4 Å². The van der Waals surface area contributed by atoms with E-state index in [9.17, 15) is 4.79 Å². The van der Waals surface area contributed by atoms with E-state index in [0.29, 0.717) is 12.3 Å². The minimum absolute atomic E-state index is 0.109. The molecule has 0 radical (unpaired) electrons. The molecule has 3 nitrogen and oxygen atoms in total. The molecule has 3 aromatic carbocycles. The van der Waals surface area contributed by atoms with E-state index in [-0.39, 0.29) is 28.8 Å². The van der Waals surface area contributed by atoms with Crippen molar-refractivity contribution in [3.63, 3.8) is 0 Å². The van der Waals surface area contributed by atoms with Crippen LogP contribution in [0.2, 0.25) is 0 Å². The van der Waals surface area contributed by atoms with Gasteiger partial charge in [-0.2, -0.15) is 0 Å². The highest BCUT2D eigenvalue weighted by Gasteiger charge is 2.56. The van der Waals surface area contributed by atoms with Crippen LogP contribution in [0.15, 0.2) is 91.0 Å². The summed E-state index contributed by atoms with van der Waals surface area (Å²) in [5.74, 6) is 0.393. The van der Waals surface area contributed by atoms with E-state index in [1.54, 1.807) is 0 Å². The molecule has 3 heteroatoms. The van der Waals surface area contributed by atoms with Crippen LogP contribution in [0.1, 0.15) is 90.8 Å². The van der Waals surface area contributed by atoms with E-state index in [1.165, 1.54) is 11.1 Å². The van der Waals surface area contributed by atoms with Crippen LogP contribution in [-0.4, -0.2) is 31.5 Å². The van der Waals surface area contributed by atoms with E-state index >= 15 is 0 Å². The first-order chi connectivity index (χ1) is 19.8. The molecule has 0 bridgehead atoms. The van der Waals surface area contributed by atoms with Crippen LogP contribution in [-0.2, 0) is 21.6 Å². The molecule has 0 saturated heterocycles. The van der Waals surface area contributed by atoms with Crippen molar-refractivity contribution in [1.82, 2.24) is 4.90 Å². The van der Waals surface area contributed by atoms with Crippen LogP contribution >= 0.6 is 0 Å². The quantitative estimate of drug-likeness (QED) is 0.171. The summed E-state index contributed by atoms with van der Waals surface area (Å²) in [4.78, 5) is 16.7. The van der Waals surface area contributed by atoms with E-state index in [4.69, 9.17) is 4.74 Å². The van der Waals surface area contributed by atoms with Crippen LogP contribution in [0, 0.1) is 22.2 Å². The van der Waals surface area contributed by atoms with Crippen molar-refractivity contribution in [1.29, 1.82) is 0 Å². The van der Waals surface area contributed by atoms with E-state index < -0.39 is 5.41 Å². The predicted octanol–water partition coefficient (Wildman–Crippen LogP) is 9.55. The summed E-state index contributed by atoms with van der Waals surface area (Å²) in [6.07, 6.45) is 3.68. The maximum absolute atomic E-state index is 14.4. The highest BCUT2D eigenvalue weighted by molar-refractivity contribution is 5.77. The van der Waals surface area contributed by atoms with Gasteiger partial charge >= 0.3 is 5.97 Å². The maximum atomic E-state index is 14.4. The highest BCUT2D eigenvalue weighted by Crippen LogP contribution is 2.59. The monoisotopic (exact) mass is 569 g/mol. The Morgan fingerprint density at radius 1 is 0.762 bits per heavy atom. The van der Waals surface area contributed by atoms with Gasteiger partial charge in [0, 0.05) is 5.41 Å². The fraction of sp³-hybridized carbons (Fsp3) is 0.513. The molecule has 0 spiro atoms. The summed E-state index contributed by atoms with van der Waals surface area (Å²) in [6, 6.07) is 32.0. The summed E-state index contributed by atoms with van der Waals surface area (Å²) in [5.41, 5.74) is 2.00. The molecule has 0 N–H and O–H groups in total. The summed E-state index contributed by atoms with van der Waals surface area (Å²) in [5, 5.41) is 0. The van der Waals surface area contributed by atoms with Gasteiger partial charge in [0.05, 0.1) is 5.41 Å². The fourth-order valence-electron chi connectivity index (χ4n) is 6.86. The molecule has 0 fully saturated rings. The van der Waals surface area contributed by atoms with Gasteiger partial charge in [-0.1, -0.05) is 139 Å². The second-order valence-electron chi connectivity index (χ2n) is 14.2. The van der Waals surface area contributed by atoms with Gasteiger partial charge in [0.25, 0.3) is 0 Å². The number of carbonyl (C=O) groups is 1. The summed E-state index contributed by atoms with van der Waals surface area (Å²) in [7, 11) is 4.21. The Labute approximate surface area is 256 Å². The van der Waals surface area contributed by atoms with Gasteiger partial charge in [0.15, 0.2) is 0 Å². The zero-order chi connectivity index (χ0) is 31.0. The molecule has 0 aliphatic heterocycles. The Morgan fingerprint density at radius 3 is 1.69 bits per heavy atom. The van der Waals surface area contributed by atoms with Gasteiger partial charge in [-0.05, 0) is 80.3 Å². The molecule has 0 heterocycles. The Bertz CT molecular complexity index is 1190. The molecule has 3 rings (SSSR count). The summed E-state index contributed by atoms with van der Waals surface area (Å²) >= 11 is 0. The molecule has 0 aliphatic rings. The molecule has 0 amide bonds. The van der Waals surface area contributed by atoms with Crippen LogP contribution in [0.25, 0.3) is 0 Å². The van der Waals surface area contributed by atoms with Gasteiger partial charge in [-0.15, -0.1) is 0 Å². The maximum Gasteiger partial charge on any atom is 0.312 e. The van der Waals surface area contributed by atoms with Crippen molar-refractivity contribution in [2.75, 3.05) is 20.6 Å². The number of ether oxygens (including phenoxy) is 1. The Kier molecular flexibility index (Phi) is 11.2. The number of hydrogen-bond acceptors (Lipinski definition) is 3. The van der Waals surface area contributed by atoms with E-state index in [1.807, 2.05) is 30.3 Å². The van der Waals surface area contributed by atoms with Crippen LogP contribution < -0.4 is 0 Å². The minimum atomic E-state index is -0.731. The third kappa shape index (κ3) is 7.35. The van der Waals surface area contributed by atoms with Gasteiger partial charge in [0.1, 0.15) is 6.61 Å². The van der Waals surface area contributed by atoms with Crippen molar-refractivity contribution in [2.24, 2.45) is 22.2 Å². The van der Waals surface area contributed by atoms with Gasteiger partial charge in [-0.25, -0.2) is 0 Å². The van der Waals surface area contributed by atoms with Crippen molar-refractivity contribution in [3.8, 4) is 0 Å². The van der Waals surface area contributed by atoms with Gasteiger partial charge in [-0.3, -0.25) is 4.79 Å². The number of hydrogen-bond donors (Lipinski definition) is 0. The second kappa shape index (κ2) is 14.0. The number of benzene rings is 3. The minimum Gasteiger partial charge on any atom is -0.460 e. The zero-order valence-electron chi connectivity index (χ0n) is 27.7. The fourth-order valence-corrected chi connectivity index (χ4v) is 6.86. The van der Waals surface area contributed by atoms with Crippen molar-refractivity contribution < 1.29 is 9.53 Å². The smallest absolute Gasteiger partial charge is 0.312 e. The summed E-state index contributed by atoms with van der Waals surface area (Å²) in [6.45, 7) is 17.3.